The fourth-order valence-electron chi connectivity index (χ4n) is 11.7. The molecule has 2 aliphatic heterocycles. The van der Waals surface area contributed by atoms with Gasteiger partial charge in [0.1, 0.15) is 17.6 Å². The number of halogens is 3. The molecule has 3 amide bonds. The van der Waals surface area contributed by atoms with E-state index in [1.54, 1.807) is 0 Å². The number of ether oxygens (including phenoxy) is 5. The first-order chi connectivity index (χ1) is 44.5. The maximum atomic E-state index is 14.5. The summed E-state index contributed by atoms with van der Waals surface area (Å²) in [6.07, 6.45) is 39.9. The predicted octanol–water partition coefficient (Wildman–Crippen LogP) is 14.8. The second-order valence-electron chi connectivity index (χ2n) is 26.7. The lowest BCUT2D eigenvalue weighted by Gasteiger charge is -2.39. The predicted molar refractivity (Wildman–Crippen MR) is 365 cm³/mol. The molecule has 0 aromatic heterocycles. The van der Waals surface area contributed by atoms with Gasteiger partial charge in [0.15, 0.2) is 6.29 Å². The van der Waals surface area contributed by atoms with E-state index in [9.17, 15) is 32.3 Å². The molecule has 0 fully saturated rings. The molecule has 2 heterocycles. The standard InChI is InChI=1S/C72H129F3N8O9/c1-8-10-12-14-16-18-20-22-24-26-28-30-32-34-36-38-50-89-56-62(91-52-39-37-35-33-31-29-27-25-23-21-19-17-15-13-11-9-2)42-40-51-90-57-71(5,6)92-53-41-49-76-64(84)48-47-63(69(87)88-7)80-67(85)59-43-45-61(46-44-59)83(72(73,74)75)55-60-54-77-66-65(79-60)68(86)82-70(81-66)78-58(3)4/h43-46,58,60,62-63,70,77-79,81H,8-42,47-57H2,1-7H3,(H,76,84)(H,80,85)(H,82,86)/t60?,62-,63+,70?/m0/s1. The fourth-order valence-corrected chi connectivity index (χ4v) is 11.7. The molecule has 532 valence electrons. The Balaban J connectivity index is 1.32. The summed E-state index contributed by atoms with van der Waals surface area (Å²) in [5.41, 5.74) is -0.693. The van der Waals surface area contributed by atoms with Gasteiger partial charge in [0, 0.05) is 69.8 Å². The normalized spacial score (nSPS) is 15.7. The summed E-state index contributed by atoms with van der Waals surface area (Å²) in [7, 11) is 1.16. The van der Waals surface area contributed by atoms with Crippen molar-refractivity contribution >= 4 is 29.4 Å². The second kappa shape index (κ2) is 51.0. The molecule has 0 aliphatic carbocycles. The number of carbonyl (C=O) groups excluding carboxylic acids is 4. The van der Waals surface area contributed by atoms with Crippen molar-refractivity contribution in [1.29, 1.82) is 0 Å². The van der Waals surface area contributed by atoms with E-state index in [0.29, 0.717) is 45.2 Å². The third-order valence-corrected chi connectivity index (χ3v) is 17.2. The van der Waals surface area contributed by atoms with Crippen LogP contribution >= 0.6 is 0 Å². The zero-order chi connectivity index (χ0) is 66.9. The third-order valence-electron chi connectivity index (χ3n) is 17.2. The maximum absolute atomic E-state index is 14.5. The van der Waals surface area contributed by atoms with E-state index >= 15 is 0 Å². The number of anilines is 1. The van der Waals surface area contributed by atoms with Crippen molar-refractivity contribution in [2.24, 2.45) is 0 Å². The smallest absolute Gasteiger partial charge is 0.467 e. The second-order valence-corrected chi connectivity index (χ2v) is 26.7. The van der Waals surface area contributed by atoms with E-state index in [2.05, 4.69) is 51.1 Å². The quantitative estimate of drug-likeness (QED) is 0.0184. The number of methoxy groups -OCH3 is 1. The topological polar surface area (TPSA) is 202 Å². The Morgan fingerprint density at radius 2 is 1.14 bits per heavy atom. The number of amides is 3. The largest absolute Gasteiger partial charge is 0.485 e. The number of esters is 1. The van der Waals surface area contributed by atoms with Crippen molar-refractivity contribution in [3.05, 3.63) is 41.3 Å². The summed E-state index contributed by atoms with van der Waals surface area (Å²) in [4.78, 5) is 52.0. The van der Waals surface area contributed by atoms with E-state index in [0.717, 1.165) is 58.1 Å². The van der Waals surface area contributed by atoms with Crippen LogP contribution in [0, 0.1) is 0 Å². The van der Waals surface area contributed by atoms with Crippen molar-refractivity contribution < 1.29 is 56.0 Å². The van der Waals surface area contributed by atoms with Crippen molar-refractivity contribution in [1.82, 2.24) is 37.2 Å². The summed E-state index contributed by atoms with van der Waals surface area (Å²) in [6.45, 7) is 15.7. The van der Waals surface area contributed by atoms with Gasteiger partial charge in [-0.2, -0.15) is 13.2 Å². The molecule has 1 aromatic rings. The van der Waals surface area contributed by atoms with Gasteiger partial charge in [-0.25, -0.2) is 4.79 Å². The molecule has 3 rings (SSSR count). The number of hydrogen-bond acceptors (Lipinski definition) is 14. The highest BCUT2D eigenvalue weighted by Crippen LogP contribution is 2.30. The lowest BCUT2D eigenvalue weighted by molar-refractivity contribution is -0.143. The van der Waals surface area contributed by atoms with Crippen LogP contribution in [0.2, 0.25) is 0 Å². The Morgan fingerprint density at radius 3 is 1.65 bits per heavy atom. The van der Waals surface area contributed by atoms with Gasteiger partial charge in [-0.05, 0) is 90.5 Å². The summed E-state index contributed by atoms with van der Waals surface area (Å²) in [5.74, 6) is -1.94. The summed E-state index contributed by atoms with van der Waals surface area (Å²) in [6, 6.07) is 2.81. The average Bonchev–Trinajstić information content (AvgIpc) is 0.830. The van der Waals surface area contributed by atoms with Gasteiger partial charge in [0.05, 0.1) is 38.1 Å². The Morgan fingerprint density at radius 1 is 0.630 bits per heavy atom. The number of alkyl halides is 3. The lowest BCUT2D eigenvalue weighted by atomic mass is 10.0. The number of benzene rings is 1. The van der Waals surface area contributed by atoms with E-state index in [4.69, 9.17) is 23.7 Å². The highest BCUT2D eigenvalue weighted by Gasteiger charge is 2.41. The van der Waals surface area contributed by atoms with Crippen molar-refractivity contribution in [2.45, 2.75) is 322 Å². The van der Waals surface area contributed by atoms with E-state index < -0.39 is 54.6 Å². The molecule has 2 unspecified atom stereocenters. The number of carbonyl (C=O) groups is 4. The molecule has 0 bridgehead atoms. The van der Waals surface area contributed by atoms with Crippen LogP contribution in [0.4, 0.5) is 18.9 Å². The summed E-state index contributed by atoms with van der Waals surface area (Å²) < 4.78 is 73.3. The fraction of sp³-hybridized carbons (Fsp3) is 0.833. The number of unbranched alkanes of at least 4 members (excludes halogenated alkanes) is 30. The zero-order valence-electron chi connectivity index (χ0n) is 58.5. The number of nitrogens with one attached hydrogen (secondary N) is 7. The highest BCUT2D eigenvalue weighted by molar-refractivity contribution is 5.97. The van der Waals surface area contributed by atoms with Crippen molar-refractivity contribution in [2.75, 3.05) is 71.3 Å². The molecule has 20 heteroatoms. The van der Waals surface area contributed by atoms with Gasteiger partial charge in [0.2, 0.25) is 5.91 Å². The monoisotopic (exact) mass is 1310 g/mol. The lowest BCUT2D eigenvalue weighted by Crippen LogP contribution is -2.66. The van der Waals surface area contributed by atoms with Gasteiger partial charge < -0.3 is 55.6 Å². The third kappa shape index (κ3) is 39.5. The highest BCUT2D eigenvalue weighted by atomic mass is 19.4. The Kier molecular flexibility index (Phi) is 45.4. The molecule has 1 aromatic carbocycles. The molecular weight excluding hydrogens is 1180 g/mol. The minimum absolute atomic E-state index is 0.00474. The van der Waals surface area contributed by atoms with Crippen LogP contribution in [0.1, 0.15) is 289 Å². The number of nitrogens with zero attached hydrogens (tertiary/aromatic N) is 1. The first kappa shape index (κ1) is 81.9. The molecule has 4 atom stereocenters. The van der Waals surface area contributed by atoms with Crippen molar-refractivity contribution in [3.8, 4) is 0 Å². The minimum Gasteiger partial charge on any atom is -0.467 e. The van der Waals surface area contributed by atoms with E-state index in [-0.39, 0.29) is 59.3 Å². The summed E-state index contributed by atoms with van der Waals surface area (Å²) >= 11 is 0. The van der Waals surface area contributed by atoms with E-state index in [1.807, 2.05) is 27.7 Å². The van der Waals surface area contributed by atoms with Gasteiger partial charge in [-0.1, -0.05) is 206 Å². The molecule has 0 saturated carbocycles. The van der Waals surface area contributed by atoms with Crippen LogP contribution in [0.25, 0.3) is 0 Å². The van der Waals surface area contributed by atoms with Crippen LogP contribution in [0.3, 0.4) is 0 Å². The van der Waals surface area contributed by atoms with Crippen LogP contribution < -0.4 is 42.1 Å². The van der Waals surface area contributed by atoms with Gasteiger partial charge in [0.25, 0.3) is 11.8 Å². The molecule has 0 saturated heterocycles. The van der Waals surface area contributed by atoms with Crippen LogP contribution in [-0.2, 0) is 38.1 Å². The molecule has 2 aliphatic rings. The average molecular weight is 1310 g/mol. The Bertz CT molecular complexity index is 2100. The molecular formula is C72H129F3N8O9. The Labute approximate surface area is 554 Å². The molecule has 7 N–H and O–H groups in total. The Hall–Kier alpha value is -4.37. The van der Waals surface area contributed by atoms with Crippen LogP contribution in [-0.4, -0.2) is 132 Å². The molecule has 17 nitrogen and oxygen atoms in total. The number of rotatable bonds is 59. The molecule has 0 spiro atoms. The molecule has 0 radical (unpaired) electrons. The summed E-state index contributed by atoms with van der Waals surface area (Å²) in [5, 5.41) is 20.3. The number of hydrogen-bond donors (Lipinski definition) is 7. The van der Waals surface area contributed by atoms with E-state index in [1.165, 1.54) is 205 Å². The van der Waals surface area contributed by atoms with Gasteiger partial charge >= 0.3 is 12.3 Å². The SMILES string of the molecule is CCCCCCCCCCCCCCCCCCOC[C@H](CCCOCC(C)(C)OCCCNC(=O)CC[C@@H](NC(=O)c1ccc(N(CC2CNC3=C(N2)C(=O)NC(NC(C)C)N3)C(F)(F)F)cc1)C(=O)OC)OCCCCCCCCCCCCCCCCCC. The van der Waals surface area contributed by atoms with Crippen molar-refractivity contribution in [3.63, 3.8) is 0 Å². The maximum Gasteiger partial charge on any atom is 0.485 e. The first-order valence-electron chi connectivity index (χ1n) is 36.5. The zero-order valence-corrected chi connectivity index (χ0v) is 58.5. The van der Waals surface area contributed by atoms with Crippen LogP contribution in [0.15, 0.2) is 35.8 Å². The van der Waals surface area contributed by atoms with Crippen LogP contribution in [0.5, 0.6) is 0 Å². The molecule has 92 heavy (non-hydrogen) atoms. The van der Waals surface area contributed by atoms with Gasteiger partial charge in [-0.15, -0.1) is 0 Å². The van der Waals surface area contributed by atoms with Gasteiger partial charge in [-0.3, -0.25) is 24.6 Å². The first-order valence-corrected chi connectivity index (χ1v) is 36.5. The minimum atomic E-state index is -4.80.